The highest BCUT2D eigenvalue weighted by molar-refractivity contribution is 6.31. The van der Waals surface area contributed by atoms with Gasteiger partial charge in [-0.1, -0.05) is 11.6 Å². The van der Waals surface area contributed by atoms with E-state index in [0.29, 0.717) is 16.1 Å². The first-order valence-corrected chi connectivity index (χ1v) is 4.74. The Kier molecular flexibility index (Phi) is 2.36. The predicted molar refractivity (Wildman–Crippen MR) is 56.2 cm³/mol. The minimum atomic E-state index is -0.539. The molecule has 0 amide bonds. The van der Waals surface area contributed by atoms with Crippen LogP contribution in [0.3, 0.4) is 0 Å². The number of halogens is 1. The molecular weight excluding hydrogens is 218 g/mol. The van der Waals surface area contributed by atoms with Gasteiger partial charge >= 0.3 is 5.76 Å². The van der Waals surface area contributed by atoms with E-state index in [-0.39, 0.29) is 12.3 Å². The van der Waals surface area contributed by atoms with Crippen molar-refractivity contribution in [2.45, 2.75) is 13.5 Å². The highest BCUT2D eigenvalue weighted by atomic mass is 35.5. The lowest BCUT2D eigenvalue weighted by atomic mass is 10.3. The maximum absolute atomic E-state index is 11.4. The monoisotopic (exact) mass is 225 g/mol. The van der Waals surface area contributed by atoms with Gasteiger partial charge in [-0.3, -0.25) is 9.36 Å². The summed E-state index contributed by atoms with van der Waals surface area (Å²) < 4.78 is 6.24. The Morgan fingerprint density at radius 3 is 2.93 bits per heavy atom. The van der Waals surface area contributed by atoms with Crippen LogP contribution in [0.1, 0.15) is 6.92 Å². The fourth-order valence-electron chi connectivity index (χ4n) is 1.41. The van der Waals surface area contributed by atoms with E-state index >= 15 is 0 Å². The van der Waals surface area contributed by atoms with E-state index in [1.54, 1.807) is 18.2 Å². The third-order valence-electron chi connectivity index (χ3n) is 2.01. The van der Waals surface area contributed by atoms with Crippen molar-refractivity contribution in [1.82, 2.24) is 4.57 Å². The lowest BCUT2D eigenvalue weighted by Crippen LogP contribution is -2.18. The number of rotatable bonds is 2. The lowest BCUT2D eigenvalue weighted by Gasteiger charge is -1.97. The maximum Gasteiger partial charge on any atom is 0.420 e. The van der Waals surface area contributed by atoms with Gasteiger partial charge in [0, 0.05) is 11.1 Å². The molecule has 2 aromatic rings. The first kappa shape index (κ1) is 9.98. The van der Waals surface area contributed by atoms with Crippen LogP contribution in [0.4, 0.5) is 0 Å². The zero-order valence-corrected chi connectivity index (χ0v) is 8.75. The SMILES string of the molecule is CC(=O)Cn1c(=O)oc2cc(Cl)ccc21. The molecule has 78 valence electrons. The van der Waals surface area contributed by atoms with E-state index in [2.05, 4.69) is 0 Å². The Bertz CT molecular complexity index is 582. The molecular formula is C10H8ClNO3. The molecule has 4 nitrogen and oxygen atoms in total. The Hall–Kier alpha value is -1.55. The molecule has 0 spiro atoms. The summed E-state index contributed by atoms with van der Waals surface area (Å²) in [5.41, 5.74) is 0.980. The smallest absolute Gasteiger partial charge is 0.408 e. The normalized spacial score (nSPS) is 10.8. The van der Waals surface area contributed by atoms with E-state index in [1.165, 1.54) is 11.5 Å². The molecule has 0 fully saturated rings. The number of benzene rings is 1. The number of hydrogen-bond acceptors (Lipinski definition) is 3. The highest BCUT2D eigenvalue weighted by Gasteiger charge is 2.10. The van der Waals surface area contributed by atoms with Crippen LogP contribution in [-0.2, 0) is 11.3 Å². The van der Waals surface area contributed by atoms with Gasteiger partial charge in [0.15, 0.2) is 5.58 Å². The predicted octanol–water partition coefficient (Wildman–Crippen LogP) is 1.84. The van der Waals surface area contributed by atoms with E-state index < -0.39 is 5.76 Å². The molecule has 0 bridgehead atoms. The van der Waals surface area contributed by atoms with Crippen LogP contribution in [0.5, 0.6) is 0 Å². The van der Waals surface area contributed by atoms with Crippen LogP contribution in [0.2, 0.25) is 5.02 Å². The quantitative estimate of drug-likeness (QED) is 0.784. The van der Waals surface area contributed by atoms with Crippen LogP contribution < -0.4 is 5.76 Å². The minimum absolute atomic E-state index is 0.0213. The second kappa shape index (κ2) is 3.55. The Balaban J connectivity index is 2.68. The second-order valence-corrected chi connectivity index (χ2v) is 3.70. The largest absolute Gasteiger partial charge is 0.420 e. The van der Waals surface area contributed by atoms with Gasteiger partial charge in [-0.2, -0.15) is 0 Å². The molecule has 0 atom stereocenters. The van der Waals surface area contributed by atoms with Crippen LogP contribution in [0, 0.1) is 0 Å². The molecule has 5 heteroatoms. The zero-order chi connectivity index (χ0) is 11.0. The van der Waals surface area contributed by atoms with Crippen LogP contribution in [0.15, 0.2) is 27.4 Å². The number of Topliss-reactive ketones (excluding diaryl/α,β-unsaturated/α-hetero) is 1. The molecule has 0 radical (unpaired) electrons. The fraction of sp³-hybridized carbons (Fsp3) is 0.200. The standard InChI is InChI=1S/C10H8ClNO3/c1-6(13)5-12-8-3-2-7(11)4-9(8)15-10(12)14/h2-4H,5H2,1H3. The van der Waals surface area contributed by atoms with Gasteiger partial charge in [-0.05, 0) is 19.1 Å². The summed E-state index contributed by atoms with van der Waals surface area (Å²) in [4.78, 5) is 22.3. The van der Waals surface area contributed by atoms with Crippen molar-refractivity contribution < 1.29 is 9.21 Å². The molecule has 1 heterocycles. The van der Waals surface area contributed by atoms with Gasteiger partial charge < -0.3 is 4.42 Å². The number of nitrogens with zero attached hydrogens (tertiary/aromatic N) is 1. The van der Waals surface area contributed by atoms with Gasteiger partial charge in [0.25, 0.3) is 0 Å². The number of carbonyl (C=O) groups is 1. The fourth-order valence-corrected chi connectivity index (χ4v) is 1.57. The van der Waals surface area contributed by atoms with Crippen LogP contribution in [-0.4, -0.2) is 10.4 Å². The van der Waals surface area contributed by atoms with Crippen molar-refractivity contribution in [2.75, 3.05) is 0 Å². The molecule has 0 aliphatic heterocycles. The van der Waals surface area contributed by atoms with E-state index in [1.807, 2.05) is 0 Å². The summed E-state index contributed by atoms with van der Waals surface area (Å²) in [5, 5.41) is 0.492. The molecule has 2 rings (SSSR count). The van der Waals surface area contributed by atoms with Gasteiger partial charge in [0.1, 0.15) is 5.78 Å². The van der Waals surface area contributed by atoms with Crippen molar-refractivity contribution in [2.24, 2.45) is 0 Å². The molecule has 0 saturated carbocycles. The molecule has 0 saturated heterocycles. The van der Waals surface area contributed by atoms with E-state index in [4.69, 9.17) is 16.0 Å². The van der Waals surface area contributed by atoms with Gasteiger partial charge in [-0.15, -0.1) is 0 Å². The molecule has 0 unspecified atom stereocenters. The van der Waals surface area contributed by atoms with Gasteiger partial charge in [0.05, 0.1) is 12.1 Å². The minimum Gasteiger partial charge on any atom is -0.408 e. The van der Waals surface area contributed by atoms with Crippen LogP contribution in [0.25, 0.3) is 11.1 Å². The topological polar surface area (TPSA) is 52.2 Å². The first-order valence-electron chi connectivity index (χ1n) is 4.36. The Morgan fingerprint density at radius 1 is 1.53 bits per heavy atom. The molecule has 15 heavy (non-hydrogen) atoms. The van der Waals surface area contributed by atoms with Gasteiger partial charge in [-0.25, -0.2) is 4.79 Å². The van der Waals surface area contributed by atoms with Crippen molar-refractivity contribution in [3.8, 4) is 0 Å². The maximum atomic E-state index is 11.4. The van der Waals surface area contributed by atoms with Crippen molar-refractivity contribution >= 4 is 28.5 Å². The summed E-state index contributed by atoms with van der Waals surface area (Å²) in [6, 6.07) is 4.86. The van der Waals surface area contributed by atoms with Crippen LogP contribution >= 0.6 is 11.6 Å². The zero-order valence-electron chi connectivity index (χ0n) is 7.99. The number of oxazole rings is 1. The highest BCUT2D eigenvalue weighted by Crippen LogP contribution is 2.18. The van der Waals surface area contributed by atoms with Crippen molar-refractivity contribution in [1.29, 1.82) is 0 Å². The molecule has 0 aliphatic rings. The van der Waals surface area contributed by atoms with E-state index in [9.17, 15) is 9.59 Å². The first-order chi connectivity index (χ1) is 7.08. The third-order valence-corrected chi connectivity index (χ3v) is 2.25. The summed E-state index contributed by atoms with van der Waals surface area (Å²) in [5.74, 6) is -0.641. The summed E-state index contributed by atoms with van der Waals surface area (Å²) in [7, 11) is 0. The molecule has 0 aliphatic carbocycles. The van der Waals surface area contributed by atoms with Gasteiger partial charge in [0.2, 0.25) is 0 Å². The second-order valence-electron chi connectivity index (χ2n) is 3.27. The number of fused-ring (bicyclic) bond motifs is 1. The number of carbonyl (C=O) groups excluding carboxylic acids is 1. The number of aromatic nitrogens is 1. The van der Waals surface area contributed by atoms with Crippen molar-refractivity contribution in [3.05, 3.63) is 33.8 Å². The summed E-state index contributed by atoms with van der Waals surface area (Å²) in [6.45, 7) is 1.44. The average Bonchev–Trinajstić information content (AvgIpc) is 2.41. The van der Waals surface area contributed by atoms with Crippen molar-refractivity contribution in [3.63, 3.8) is 0 Å². The lowest BCUT2D eigenvalue weighted by molar-refractivity contribution is -0.117. The molecule has 0 N–H and O–H groups in total. The van der Waals surface area contributed by atoms with E-state index in [0.717, 1.165) is 0 Å². The number of hydrogen-bond donors (Lipinski definition) is 0. The third kappa shape index (κ3) is 1.80. The average molecular weight is 226 g/mol. The number of ketones is 1. The Morgan fingerprint density at radius 2 is 2.27 bits per heavy atom. The summed E-state index contributed by atoms with van der Waals surface area (Å²) in [6.07, 6.45) is 0. The Labute approximate surface area is 90.1 Å². The molecule has 1 aromatic heterocycles. The summed E-state index contributed by atoms with van der Waals surface area (Å²) >= 11 is 5.75. The molecule has 1 aromatic carbocycles.